The van der Waals surface area contributed by atoms with Crippen LogP contribution >= 0.6 is 11.6 Å². The second-order valence-corrected chi connectivity index (χ2v) is 7.62. The van der Waals surface area contributed by atoms with Crippen LogP contribution in [0.1, 0.15) is 15.9 Å². The third kappa shape index (κ3) is 4.78. The van der Waals surface area contributed by atoms with E-state index in [9.17, 15) is 18.4 Å². The number of H-pyrrole nitrogens is 1. The molecule has 162 valence electrons. The van der Waals surface area contributed by atoms with Crippen LogP contribution in [0.4, 0.5) is 14.5 Å². The van der Waals surface area contributed by atoms with Gasteiger partial charge in [0.15, 0.2) is 0 Å². The molecule has 0 fully saturated rings. The maximum atomic E-state index is 13.6. The van der Waals surface area contributed by atoms with E-state index in [4.69, 9.17) is 11.6 Å². The average molecular weight is 454 g/mol. The van der Waals surface area contributed by atoms with E-state index >= 15 is 0 Å². The van der Waals surface area contributed by atoms with E-state index in [1.165, 1.54) is 0 Å². The largest absolute Gasteiger partial charge is 0.361 e. The van der Waals surface area contributed by atoms with E-state index in [1.54, 1.807) is 30.5 Å². The number of anilines is 1. The molecule has 0 radical (unpaired) electrons. The van der Waals surface area contributed by atoms with Crippen LogP contribution in [0.5, 0.6) is 0 Å². The quantitative estimate of drug-likeness (QED) is 0.381. The van der Waals surface area contributed by atoms with Crippen molar-refractivity contribution in [3.05, 3.63) is 101 Å². The number of carbonyl (C=O) groups is 2. The molecule has 32 heavy (non-hydrogen) atoms. The Kier molecular flexibility index (Phi) is 6.18. The second kappa shape index (κ2) is 9.20. The van der Waals surface area contributed by atoms with Crippen molar-refractivity contribution in [1.29, 1.82) is 0 Å². The first-order chi connectivity index (χ1) is 15.4. The summed E-state index contributed by atoms with van der Waals surface area (Å²) >= 11 is 6.12. The predicted molar refractivity (Wildman–Crippen MR) is 120 cm³/mol. The maximum absolute atomic E-state index is 13.6. The fraction of sp³-hybridized carbons (Fsp3) is 0.0833. The van der Waals surface area contributed by atoms with Gasteiger partial charge in [0.05, 0.1) is 10.6 Å². The number of fused-ring (bicyclic) bond motifs is 1. The lowest BCUT2D eigenvalue weighted by atomic mass is 10.0. The molecule has 1 heterocycles. The number of amides is 2. The molecule has 2 amide bonds. The molecule has 3 N–H and O–H groups in total. The zero-order valence-corrected chi connectivity index (χ0v) is 17.4. The van der Waals surface area contributed by atoms with Gasteiger partial charge < -0.3 is 15.6 Å². The molecule has 0 aliphatic carbocycles. The fourth-order valence-electron chi connectivity index (χ4n) is 3.47. The van der Waals surface area contributed by atoms with Crippen molar-refractivity contribution < 1.29 is 18.4 Å². The normalized spacial score (nSPS) is 11.8. The van der Waals surface area contributed by atoms with Gasteiger partial charge in [0.25, 0.3) is 5.91 Å². The molecule has 1 atom stereocenters. The Balaban J connectivity index is 1.63. The highest BCUT2D eigenvalue weighted by molar-refractivity contribution is 6.33. The lowest BCUT2D eigenvalue weighted by Gasteiger charge is -2.19. The van der Waals surface area contributed by atoms with Crippen LogP contribution in [0.15, 0.2) is 72.9 Å². The highest BCUT2D eigenvalue weighted by Gasteiger charge is 2.24. The fourth-order valence-corrected chi connectivity index (χ4v) is 3.69. The first-order valence-corrected chi connectivity index (χ1v) is 10.2. The van der Waals surface area contributed by atoms with E-state index in [2.05, 4.69) is 15.6 Å². The van der Waals surface area contributed by atoms with Crippen molar-refractivity contribution in [3.63, 3.8) is 0 Å². The summed E-state index contributed by atoms with van der Waals surface area (Å²) in [5.41, 5.74) is 1.84. The van der Waals surface area contributed by atoms with Gasteiger partial charge in [0, 0.05) is 35.3 Å². The van der Waals surface area contributed by atoms with Crippen LogP contribution in [-0.2, 0) is 11.2 Å². The van der Waals surface area contributed by atoms with Crippen LogP contribution < -0.4 is 10.6 Å². The SMILES string of the molecule is O=C(NC(Cc1c[nH]c2ccccc12)C(=O)Nc1cc(F)cc(F)c1)c1ccccc1Cl. The number of carbonyl (C=O) groups excluding carboxylic acids is 2. The Morgan fingerprint density at radius 1 is 0.969 bits per heavy atom. The first-order valence-electron chi connectivity index (χ1n) is 9.78. The number of aromatic nitrogens is 1. The molecule has 0 aliphatic rings. The number of aromatic amines is 1. The van der Waals surface area contributed by atoms with Gasteiger partial charge in [-0.2, -0.15) is 0 Å². The molecule has 1 aromatic heterocycles. The topological polar surface area (TPSA) is 74.0 Å². The average Bonchev–Trinajstić information content (AvgIpc) is 3.15. The van der Waals surface area contributed by atoms with Crippen LogP contribution in [0.2, 0.25) is 5.02 Å². The molecule has 0 spiro atoms. The molecule has 3 aromatic carbocycles. The molecular weight excluding hydrogens is 436 g/mol. The monoisotopic (exact) mass is 453 g/mol. The summed E-state index contributed by atoms with van der Waals surface area (Å²) in [5.74, 6) is -2.82. The number of para-hydroxylation sites is 1. The molecule has 5 nitrogen and oxygen atoms in total. The Bertz CT molecular complexity index is 1290. The van der Waals surface area contributed by atoms with Crippen molar-refractivity contribution in [2.45, 2.75) is 12.5 Å². The van der Waals surface area contributed by atoms with Crippen molar-refractivity contribution >= 4 is 40.0 Å². The Morgan fingerprint density at radius 2 is 1.66 bits per heavy atom. The molecule has 4 aromatic rings. The van der Waals surface area contributed by atoms with E-state index in [0.29, 0.717) is 6.07 Å². The minimum absolute atomic E-state index is 0.0524. The van der Waals surface area contributed by atoms with Crippen LogP contribution in [0.3, 0.4) is 0 Å². The van der Waals surface area contributed by atoms with Gasteiger partial charge >= 0.3 is 0 Å². The number of halogens is 3. The maximum Gasteiger partial charge on any atom is 0.253 e. The van der Waals surface area contributed by atoms with Gasteiger partial charge in [-0.05, 0) is 35.9 Å². The van der Waals surface area contributed by atoms with E-state index < -0.39 is 29.5 Å². The molecule has 0 saturated heterocycles. The Hall–Kier alpha value is -3.71. The third-order valence-corrected chi connectivity index (χ3v) is 5.30. The van der Waals surface area contributed by atoms with Crippen molar-refractivity contribution in [2.75, 3.05) is 5.32 Å². The van der Waals surface area contributed by atoms with Gasteiger partial charge in [-0.15, -0.1) is 0 Å². The smallest absolute Gasteiger partial charge is 0.253 e. The van der Waals surface area contributed by atoms with E-state index in [-0.39, 0.29) is 22.7 Å². The van der Waals surface area contributed by atoms with Crippen LogP contribution in [0.25, 0.3) is 10.9 Å². The summed E-state index contributed by atoms with van der Waals surface area (Å²) in [7, 11) is 0. The van der Waals surface area contributed by atoms with Gasteiger partial charge in [0.2, 0.25) is 5.91 Å². The number of hydrogen-bond donors (Lipinski definition) is 3. The zero-order valence-electron chi connectivity index (χ0n) is 16.7. The molecule has 0 bridgehead atoms. The van der Waals surface area contributed by atoms with Gasteiger partial charge in [-0.1, -0.05) is 41.9 Å². The standard InChI is InChI=1S/C24H18ClF2N3O2/c25-20-7-3-1-6-19(20)23(31)30-22(9-14-13-28-21-8-4-2-5-18(14)21)24(32)29-17-11-15(26)10-16(27)12-17/h1-8,10-13,22,28H,9H2,(H,29,32)(H,30,31). The molecule has 8 heteroatoms. The zero-order chi connectivity index (χ0) is 22.7. The van der Waals surface area contributed by atoms with Crippen LogP contribution in [-0.4, -0.2) is 22.8 Å². The minimum Gasteiger partial charge on any atom is -0.361 e. The summed E-state index contributed by atoms with van der Waals surface area (Å²) < 4.78 is 27.1. The number of benzene rings is 3. The molecule has 0 aliphatic heterocycles. The summed E-state index contributed by atoms with van der Waals surface area (Å²) in [5, 5.41) is 6.30. The summed E-state index contributed by atoms with van der Waals surface area (Å²) in [6, 6.07) is 15.7. The Morgan fingerprint density at radius 3 is 2.41 bits per heavy atom. The second-order valence-electron chi connectivity index (χ2n) is 7.22. The van der Waals surface area contributed by atoms with Crippen molar-refractivity contribution in [1.82, 2.24) is 10.3 Å². The highest BCUT2D eigenvalue weighted by Crippen LogP contribution is 2.21. The van der Waals surface area contributed by atoms with Gasteiger partial charge in [-0.25, -0.2) is 8.78 Å². The van der Waals surface area contributed by atoms with Crippen LogP contribution in [0, 0.1) is 11.6 Å². The minimum atomic E-state index is -1.04. The van der Waals surface area contributed by atoms with E-state index in [1.807, 2.05) is 24.3 Å². The first kappa shape index (κ1) is 21.5. The number of rotatable bonds is 6. The molecule has 4 rings (SSSR count). The Labute approximate surface area is 187 Å². The van der Waals surface area contributed by atoms with Crippen molar-refractivity contribution in [3.8, 4) is 0 Å². The van der Waals surface area contributed by atoms with Crippen molar-refractivity contribution in [2.24, 2.45) is 0 Å². The molecular formula is C24H18ClF2N3O2. The molecule has 0 saturated carbocycles. The number of nitrogens with one attached hydrogen (secondary N) is 3. The summed E-state index contributed by atoms with van der Waals surface area (Å²) in [4.78, 5) is 29.0. The van der Waals surface area contributed by atoms with Gasteiger partial charge in [0.1, 0.15) is 17.7 Å². The lowest BCUT2D eigenvalue weighted by Crippen LogP contribution is -2.45. The highest BCUT2D eigenvalue weighted by atomic mass is 35.5. The predicted octanol–water partition coefficient (Wildman–Crippen LogP) is 5.08. The summed E-state index contributed by atoms with van der Waals surface area (Å²) in [6.07, 6.45) is 1.90. The number of hydrogen-bond acceptors (Lipinski definition) is 2. The lowest BCUT2D eigenvalue weighted by molar-refractivity contribution is -0.118. The third-order valence-electron chi connectivity index (χ3n) is 4.97. The summed E-state index contributed by atoms with van der Waals surface area (Å²) in [6.45, 7) is 0. The van der Waals surface area contributed by atoms with Gasteiger partial charge in [-0.3, -0.25) is 9.59 Å². The van der Waals surface area contributed by atoms with E-state index in [0.717, 1.165) is 28.6 Å². The molecule has 1 unspecified atom stereocenters.